The monoisotopic (exact) mass is 288 g/mol. The number of rotatable bonds is 3. The quantitative estimate of drug-likeness (QED) is 0.877. The molecule has 0 radical (unpaired) electrons. The Kier molecular flexibility index (Phi) is 3.33. The summed E-state index contributed by atoms with van der Waals surface area (Å²) < 4.78 is 2.00. The number of hydrogen-bond acceptors (Lipinski definition) is 3. The number of halogens is 1. The van der Waals surface area contributed by atoms with Gasteiger partial charge in [-0.05, 0) is 24.6 Å². The molecule has 1 N–H and O–H groups in total. The van der Waals surface area contributed by atoms with Crippen LogP contribution in [0.25, 0.3) is 11.0 Å². The molecule has 1 aromatic heterocycles. The van der Waals surface area contributed by atoms with E-state index in [0.717, 1.165) is 23.3 Å². The summed E-state index contributed by atoms with van der Waals surface area (Å²) in [4.78, 5) is 15.8. The summed E-state index contributed by atoms with van der Waals surface area (Å²) in [5, 5.41) is 11.9. The Labute approximate surface area is 121 Å². The van der Waals surface area contributed by atoms with E-state index < -0.39 is 0 Å². The topological polar surface area (TPSA) is 70.7 Å². The molecule has 0 saturated carbocycles. The van der Waals surface area contributed by atoms with Gasteiger partial charge in [0, 0.05) is 19.0 Å². The van der Waals surface area contributed by atoms with Gasteiger partial charge in [-0.3, -0.25) is 4.79 Å². The number of carbonyl (C=O) groups excluding carboxylic acids is 1. The summed E-state index contributed by atoms with van der Waals surface area (Å²) in [6, 6.07) is 7.62. The number of aromatic nitrogens is 2. The van der Waals surface area contributed by atoms with Crippen molar-refractivity contribution in [1.82, 2.24) is 14.9 Å². The molecule has 1 saturated heterocycles. The van der Waals surface area contributed by atoms with Crippen molar-refractivity contribution in [3.05, 3.63) is 29.6 Å². The maximum Gasteiger partial charge on any atom is 0.220 e. The first-order valence-electron chi connectivity index (χ1n) is 6.46. The Bertz CT molecular complexity index is 716. The highest BCUT2D eigenvalue weighted by molar-refractivity contribution is 6.16. The number of nitrogens with one attached hydrogen (secondary N) is 1. The van der Waals surface area contributed by atoms with Crippen LogP contribution in [0.4, 0.5) is 0 Å². The van der Waals surface area contributed by atoms with Crippen LogP contribution in [0.15, 0.2) is 18.2 Å². The summed E-state index contributed by atoms with van der Waals surface area (Å²) in [6.45, 7) is 0.638. The van der Waals surface area contributed by atoms with Crippen molar-refractivity contribution in [2.24, 2.45) is 0 Å². The van der Waals surface area contributed by atoms with Crippen molar-refractivity contribution >= 4 is 28.5 Å². The average Bonchev–Trinajstić information content (AvgIpc) is 3.03. The Morgan fingerprint density at radius 2 is 2.40 bits per heavy atom. The molecule has 2 heterocycles. The Morgan fingerprint density at radius 3 is 3.05 bits per heavy atom. The van der Waals surface area contributed by atoms with Gasteiger partial charge in [-0.15, -0.1) is 11.6 Å². The number of carbonyl (C=O) groups is 1. The zero-order valence-electron chi connectivity index (χ0n) is 10.8. The van der Waals surface area contributed by atoms with Crippen LogP contribution in [0.5, 0.6) is 0 Å². The molecule has 1 amide bonds. The number of nitriles is 1. The molecule has 1 fully saturated rings. The first kappa shape index (κ1) is 12.9. The molecular weight excluding hydrogens is 276 g/mol. The van der Waals surface area contributed by atoms with Crippen LogP contribution in [0, 0.1) is 11.3 Å². The molecule has 0 spiro atoms. The van der Waals surface area contributed by atoms with Gasteiger partial charge >= 0.3 is 0 Å². The van der Waals surface area contributed by atoms with Crippen LogP contribution >= 0.6 is 11.6 Å². The Hall–Kier alpha value is -2.06. The molecule has 1 aliphatic rings. The number of amides is 1. The van der Waals surface area contributed by atoms with Gasteiger partial charge in [-0.2, -0.15) is 5.26 Å². The molecule has 1 atom stereocenters. The number of alkyl halides is 1. The normalized spacial score (nSPS) is 18.2. The molecule has 102 valence electrons. The first-order valence-corrected chi connectivity index (χ1v) is 6.99. The van der Waals surface area contributed by atoms with Crippen LogP contribution in [-0.2, 0) is 17.2 Å². The van der Waals surface area contributed by atoms with E-state index in [1.165, 1.54) is 0 Å². The molecule has 2 aromatic rings. The highest BCUT2D eigenvalue weighted by atomic mass is 35.5. The highest BCUT2D eigenvalue weighted by Gasteiger charge is 2.23. The van der Waals surface area contributed by atoms with E-state index in [-0.39, 0.29) is 11.9 Å². The minimum atomic E-state index is 0.0876. The maximum absolute atomic E-state index is 11.3. The molecule has 0 bridgehead atoms. The Morgan fingerprint density at radius 1 is 1.55 bits per heavy atom. The molecule has 1 aliphatic heterocycles. The first-order chi connectivity index (χ1) is 9.71. The standard InChI is InChI=1S/C14H13ClN4O/c15-6-13-18-11-3-1-9(7-16)5-12(11)19(13)8-10-2-4-14(20)17-10/h1,3,5,10H,2,4,6,8H2,(H,17,20). The second-order valence-corrected chi connectivity index (χ2v) is 5.16. The summed E-state index contributed by atoms with van der Waals surface area (Å²) in [5.41, 5.74) is 2.31. The van der Waals surface area contributed by atoms with Gasteiger partial charge in [0.2, 0.25) is 5.91 Å². The van der Waals surface area contributed by atoms with Gasteiger partial charge in [0.05, 0.1) is 28.5 Å². The number of nitrogens with zero attached hydrogens (tertiary/aromatic N) is 3. The molecular formula is C14H13ClN4O. The molecule has 1 unspecified atom stereocenters. The molecule has 20 heavy (non-hydrogen) atoms. The largest absolute Gasteiger partial charge is 0.352 e. The number of benzene rings is 1. The second-order valence-electron chi connectivity index (χ2n) is 4.89. The SMILES string of the molecule is N#Cc1ccc2nc(CCl)n(CC3CCC(=O)N3)c2c1. The lowest BCUT2D eigenvalue weighted by Gasteiger charge is -2.13. The van der Waals surface area contributed by atoms with E-state index in [9.17, 15) is 4.79 Å². The van der Waals surface area contributed by atoms with E-state index in [1.54, 1.807) is 6.07 Å². The minimum Gasteiger partial charge on any atom is -0.352 e. The lowest BCUT2D eigenvalue weighted by Crippen LogP contribution is -2.30. The predicted molar refractivity (Wildman–Crippen MR) is 75.2 cm³/mol. The summed E-state index contributed by atoms with van der Waals surface area (Å²) in [6.07, 6.45) is 1.38. The lowest BCUT2D eigenvalue weighted by molar-refractivity contribution is -0.119. The van der Waals surface area contributed by atoms with E-state index in [0.29, 0.717) is 24.4 Å². The van der Waals surface area contributed by atoms with E-state index in [4.69, 9.17) is 16.9 Å². The van der Waals surface area contributed by atoms with Crippen molar-refractivity contribution in [2.45, 2.75) is 31.3 Å². The lowest BCUT2D eigenvalue weighted by atomic mass is 10.2. The Balaban J connectivity index is 2.02. The van der Waals surface area contributed by atoms with Crippen molar-refractivity contribution in [3.63, 3.8) is 0 Å². The second kappa shape index (κ2) is 5.14. The minimum absolute atomic E-state index is 0.0876. The zero-order chi connectivity index (χ0) is 14.1. The summed E-state index contributed by atoms with van der Waals surface area (Å²) in [7, 11) is 0. The van der Waals surface area contributed by atoms with Crippen molar-refractivity contribution < 1.29 is 4.79 Å². The number of hydrogen-bond donors (Lipinski definition) is 1. The van der Waals surface area contributed by atoms with Gasteiger partial charge in [0.15, 0.2) is 0 Å². The molecule has 3 rings (SSSR count). The van der Waals surface area contributed by atoms with E-state index in [1.807, 2.05) is 16.7 Å². The van der Waals surface area contributed by atoms with Crippen LogP contribution in [0.1, 0.15) is 24.2 Å². The molecule has 6 heteroatoms. The van der Waals surface area contributed by atoms with Gasteiger partial charge in [0.1, 0.15) is 5.82 Å². The number of imidazole rings is 1. The summed E-state index contributed by atoms with van der Waals surface area (Å²) in [5.74, 6) is 1.15. The third-order valence-electron chi connectivity index (χ3n) is 3.56. The van der Waals surface area contributed by atoms with Gasteiger partial charge in [0.25, 0.3) is 0 Å². The molecule has 0 aliphatic carbocycles. The van der Waals surface area contributed by atoms with Crippen LogP contribution in [0.2, 0.25) is 0 Å². The molecule has 1 aromatic carbocycles. The van der Waals surface area contributed by atoms with Crippen LogP contribution in [-0.4, -0.2) is 21.5 Å². The third-order valence-corrected chi connectivity index (χ3v) is 3.80. The van der Waals surface area contributed by atoms with E-state index in [2.05, 4.69) is 16.4 Å². The average molecular weight is 289 g/mol. The van der Waals surface area contributed by atoms with Crippen molar-refractivity contribution in [2.75, 3.05) is 0 Å². The maximum atomic E-state index is 11.3. The molecule has 5 nitrogen and oxygen atoms in total. The third kappa shape index (κ3) is 2.23. The fourth-order valence-corrected chi connectivity index (χ4v) is 2.79. The van der Waals surface area contributed by atoms with Crippen molar-refractivity contribution in [1.29, 1.82) is 5.26 Å². The highest BCUT2D eigenvalue weighted by Crippen LogP contribution is 2.21. The number of fused-ring (bicyclic) bond motifs is 1. The summed E-state index contributed by atoms with van der Waals surface area (Å²) >= 11 is 5.96. The van der Waals surface area contributed by atoms with Gasteiger partial charge in [-0.25, -0.2) is 4.98 Å². The van der Waals surface area contributed by atoms with Crippen LogP contribution in [0.3, 0.4) is 0 Å². The van der Waals surface area contributed by atoms with E-state index >= 15 is 0 Å². The fraction of sp³-hybridized carbons (Fsp3) is 0.357. The van der Waals surface area contributed by atoms with Crippen LogP contribution < -0.4 is 5.32 Å². The smallest absolute Gasteiger partial charge is 0.220 e. The van der Waals surface area contributed by atoms with Crippen molar-refractivity contribution in [3.8, 4) is 6.07 Å². The zero-order valence-corrected chi connectivity index (χ0v) is 11.5. The fourth-order valence-electron chi connectivity index (χ4n) is 2.58. The van der Waals surface area contributed by atoms with Gasteiger partial charge in [-0.1, -0.05) is 0 Å². The predicted octanol–water partition coefficient (Wildman–Crippen LogP) is 1.93. The van der Waals surface area contributed by atoms with Gasteiger partial charge < -0.3 is 9.88 Å².